The largest absolute Gasteiger partial charge is 0.490 e. The van der Waals surface area contributed by atoms with Crippen molar-refractivity contribution in [3.05, 3.63) is 29.0 Å². The second-order valence-electron chi connectivity index (χ2n) is 2.76. The molecule has 0 aliphatic heterocycles. The number of hydrogen-bond acceptors (Lipinski definition) is 3. The lowest BCUT2D eigenvalue weighted by Gasteiger charge is -2.07. The normalized spacial score (nSPS) is 10.3. The van der Waals surface area contributed by atoms with E-state index in [1.807, 2.05) is 0 Å². The molecule has 0 fully saturated rings. The quantitative estimate of drug-likeness (QED) is 0.764. The fraction of sp³-hybridized carbons (Fsp3) is 0.400. The first-order valence-electron chi connectivity index (χ1n) is 4.50. The van der Waals surface area contributed by atoms with Gasteiger partial charge in [-0.2, -0.15) is 0 Å². The zero-order valence-electron chi connectivity index (χ0n) is 8.08. The molecule has 0 aliphatic rings. The average molecular weight is 235 g/mol. The van der Waals surface area contributed by atoms with Crippen LogP contribution in [0.1, 0.15) is 0 Å². The maximum absolute atomic E-state index is 12.6. The number of rotatable bonds is 6. The van der Waals surface area contributed by atoms with Crippen LogP contribution in [-0.2, 0) is 4.74 Å². The summed E-state index contributed by atoms with van der Waals surface area (Å²) in [6.45, 7) is 0.928. The first-order chi connectivity index (χ1) is 7.24. The zero-order chi connectivity index (χ0) is 11.1. The SMILES string of the molecule is OCCOCCOc1ccc(F)cc1Cl. The van der Waals surface area contributed by atoms with Crippen molar-refractivity contribution in [1.82, 2.24) is 0 Å². The maximum Gasteiger partial charge on any atom is 0.138 e. The third-order valence-electron chi connectivity index (χ3n) is 1.61. The lowest BCUT2D eigenvalue weighted by Crippen LogP contribution is -2.09. The van der Waals surface area contributed by atoms with Gasteiger partial charge in [0.15, 0.2) is 0 Å². The van der Waals surface area contributed by atoms with Crippen molar-refractivity contribution in [1.29, 1.82) is 0 Å². The maximum atomic E-state index is 12.6. The summed E-state index contributed by atoms with van der Waals surface area (Å²) < 4.78 is 22.9. The Kier molecular flexibility index (Phi) is 5.39. The van der Waals surface area contributed by atoms with Crippen LogP contribution in [0.15, 0.2) is 18.2 Å². The van der Waals surface area contributed by atoms with Gasteiger partial charge < -0.3 is 14.6 Å². The minimum Gasteiger partial charge on any atom is -0.490 e. The summed E-state index contributed by atoms with van der Waals surface area (Å²) in [6, 6.07) is 3.92. The first kappa shape index (κ1) is 12.2. The Hall–Kier alpha value is -0.840. The molecule has 0 bridgehead atoms. The van der Waals surface area contributed by atoms with Crippen LogP contribution in [0, 0.1) is 5.82 Å². The number of aliphatic hydroxyl groups excluding tert-OH is 1. The number of halogens is 2. The molecule has 0 heterocycles. The molecule has 1 aromatic carbocycles. The molecule has 1 N–H and O–H groups in total. The zero-order valence-corrected chi connectivity index (χ0v) is 8.84. The van der Waals surface area contributed by atoms with E-state index in [0.717, 1.165) is 0 Å². The Balaban J connectivity index is 2.31. The Morgan fingerprint density at radius 3 is 2.73 bits per heavy atom. The number of benzene rings is 1. The van der Waals surface area contributed by atoms with Crippen LogP contribution >= 0.6 is 11.6 Å². The summed E-state index contributed by atoms with van der Waals surface area (Å²) in [5, 5.41) is 8.66. The van der Waals surface area contributed by atoms with Gasteiger partial charge in [-0.15, -0.1) is 0 Å². The highest BCUT2D eigenvalue weighted by molar-refractivity contribution is 6.32. The van der Waals surface area contributed by atoms with Crippen molar-refractivity contribution in [2.24, 2.45) is 0 Å². The van der Waals surface area contributed by atoms with Crippen molar-refractivity contribution in [3.8, 4) is 5.75 Å². The van der Waals surface area contributed by atoms with Crippen LogP contribution < -0.4 is 4.74 Å². The smallest absolute Gasteiger partial charge is 0.138 e. The van der Waals surface area contributed by atoms with Crippen LogP contribution in [0.5, 0.6) is 5.75 Å². The summed E-state index contributed by atoms with van der Waals surface area (Å²) in [4.78, 5) is 0. The summed E-state index contributed by atoms with van der Waals surface area (Å²) in [7, 11) is 0. The van der Waals surface area contributed by atoms with Crippen molar-refractivity contribution < 1.29 is 19.0 Å². The number of aliphatic hydroxyl groups is 1. The molecule has 3 nitrogen and oxygen atoms in total. The van der Waals surface area contributed by atoms with E-state index in [9.17, 15) is 4.39 Å². The van der Waals surface area contributed by atoms with E-state index in [4.69, 9.17) is 26.2 Å². The average Bonchev–Trinajstić information content (AvgIpc) is 2.20. The van der Waals surface area contributed by atoms with Crippen molar-refractivity contribution in [2.75, 3.05) is 26.4 Å². The summed E-state index contributed by atoms with van der Waals surface area (Å²) in [5.41, 5.74) is 0. The summed E-state index contributed by atoms with van der Waals surface area (Å²) in [6.07, 6.45) is 0. The van der Waals surface area contributed by atoms with Crippen LogP contribution in [0.4, 0.5) is 4.39 Å². The molecule has 0 aromatic heterocycles. The van der Waals surface area contributed by atoms with Gasteiger partial charge in [-0.1, -0.05) is 11.6 Å². The molecule has 0 aliphatic carbocycles. The van der Waals surface area contributed by atoms with Crippen molar-refractivity contribution in [2.45, 2.75) is 0 Å². The molecule has 0 atom stereocenters. The molecule has 5 heteroatoms. The Bertz CT molecular complexity index is 307. The molecule has 0 saturated carbocycles. The number of ether oxygens (including phenoxy) is 2. The van der Waals surface area contributed by atoms with Gasteiger partial charge in [-0.05, 0) is 18.2 Å². The molecule has 0 spiro atoms. The van der Waals surface area contributed by atoms with Crippen LogP contribution in [0.2, 0.25) is 5.02 Å². The van der Waals surface area contributed by atoms with Gasteiger partial charge in [0, 0.05) is 0 Å². The minimum atomic E-state index is -0.399. The molecular weight excluding hydrogens is 223 g/mol. The molecule has 84 valence electrons. The van der Waals surface area contributed by atoms with Crippen LogP contribution in [0.25, 0.3) is 0 Å². The summed E-state index contributed by atoms with van der Waals surface area (Å²) >= 11 is 5.72. The van der Waals surface area contributed by atoms with Crippen LogP contribution in [-0.4, -0.2) is 31.5 Å². The van der Waals surface area contributed by atoms with Crippen LogP contribution in [0.3, 0.4) is 0 Å². The topological polar surface area (TPSA) is 38.7 Å². The predicted octanol–water partition coefficient (Wildman–Crippen LogP) is 1.87. The Morgan fingerprint density at radius 1 is 1.27 bits per heavy atom. The van der Waals surface area contributed by atoms with Gasteiger partial charge in [0.05, 0.1) is 24.8 Å². The van der Waals surface area contributed by atoms with Gasteiger partial charge in [0.25, 0.3) is 0 Å². The third-order valence-corrected chi connectivity index (χ3v) is 1.91. The fourth-order valence-corrected chi connectivity index (χ4v) is 1.19. The van der Waals surface area contributed by atoms with Gasteiger partial charge in [-0.3, -0.25) is 0 Å². The molecule has 1 aromatic rings. The molecule has 0 radical (unpaired) electrons. The van der Waals surface area contributed by atoms with Gasteiger partial charge >= 0.3 is 0 Å². The fourth-order valence-electron chi connectivity index (χ4n) is 0.969. The monoisotopic (exact) mass is 234 g/mol. The second-order valence-corrected chi connectivity index (χ2v) is 3.17. The van der Waals surface area contributed by atoms with Gasteiger partial charge in [-0.25, -0.2) is 4.39 Å². The lowest BCUT2D eigenvalue weighted by atomic mass is 10.3. The van der Waals surface area contributed by atoms with E-state index < -0.39 is 5.82 Å². The van der Waals surface area contributed by atoms with E-state index in [0.29, 0.717) is 19.0 Å². The molecule has 0 unspecified atom stereocenters. The minimum absolute atomic E-state index is 0.0166. The molecule has 0 amide bonds. The van der Waals surface area contributed by atoms with E-state index in [1.54, 1.807) is 0 Å². The first-order valence-corrected chi connectivity index (χ1v) is 4.88. The van der Waals surface area contributed by atoms with E-state index >= 15 is 0 Å². The van der Waals surface area contributed by atoms with Gasteiger partial charge in [0.1, 0.15) is 18.2 Å². The Labute approximate surface area is 92.4 Å². The second kappa shape index (κ2) is 6.61. The van der Waals surface area contributed by atoms with Crippen molar-refractivity contribution in [3.63, 3.8) is 0 Å². The standard InChI is InChI=1S/C10H12ClFO3/c11-9-7-8(12)1-2-10(9)15-6-5-14-4-3-13/h1-2,7,13H,3-6H2. The van der Waals surface area contributed by atoms with Crippen molar-refractivity contribution >= 4 is 11.6 Å². The highest BCUT2D eigenvalue weighted by Crippen LogP contribution is 2.24. The number of hydrogen-bond donors (Lipinski definition) is 1. The lowest BCUT2D eigenvalue weighted by molar-refractivity contribution is 0.0705. The summed E-state index contributed by atoms with van der Waals surface area (Å²) in [5.74, 6) is 0.0227. The van der Waals surface area contributed by atoms with E-state index in [1.165, 1.54) is 18.2 Å². The highest BCUT2D eigenvalue weighted by atomic mass is 35.5. The third kappa shape index (κ3) is 4.46. The van der Waals surface area contributed by atoms with Gasteiger partial charge in [0.2, 0.25) is 0 Å². The van der Waals surface area contributed by atoms with E-state index in [2.05, 4.69) is 0 Å². The molecule has 1 rings (SSSR count). The Morgan fingerprint density at radius 2 is 2.07 bits per heavy atom. The molecule has 15 heavy (non-hydrogen) atoms. The van der Waals surface area contributed by atoms with E-state index in [-0.39, 0.29) is 18.2 Å². The highest BCUT2D eigenvalue weighted by Gasteiger charge is 2.02. The molecular formula is C10H12ClFO3. The molecule has 0 saturated heterocycles. The predicted molar refractivity (Wildman–Crippen MR) is 54.8 cm³/mol.